The van der Waals surface area contributed by atoms with E-state index in [1.165, 1.54) is 0 Å². The van der Waals surface area contributed by atoms with Crippen molar-refractivity contribution in [3.63, 3.8) is 0 Å². The Morgan fingerprint density at radius 3 is 2.73 bits per heavy atom. The smallest absolute Gasteiger partial charge is 0.315 e. The minimum absolute atomic E-state index is 0.184. The van der Waals surface area contributed by atoms with Gasteiger partial charge in [-0.25, -0.2) is 4.79 Å². The van der Waals surface area contributed by atoms with E-state index >= 15 is 0 Å². The van der Waals surface area contributed by atoms with Gasteiger partial charge in [0.15, 0.2) is 0 Å². The maximum absolute atomic E-state index is 12.4. The highest BCUT2D eigenvalue weighted by molar-refractivity contribution is 6.01. The molecule has 8 nitrogen and oxygen atoms in total. The molecule has 0 radical (unpaired) electrons. The Kier molecular flexibility index (Phi) is 6.97. The van der Waals surface area contributed by atoms with Crippen molar-refractivity contribution >= 4 is 23.6 Å². The standard InChI is InChI=1S/C18H22N4O4/c1-2-26-16(23)4-3-10-20-18(25)21-15-9-11-22(17(15)24)14-7-5-13(12-19)6-8-14/h5-8,15H,2-4,9-11H2,1H3,(H2,20,21,25)/t15-/m1/s1. The topological polar surface area (TPSA) is 112 Å². The monoisotopic (exact) mass is 358 g/mol. The molecule has 1 heterocycles. The summed E-state index contributed by atoms with van der Waals surface area (Å²) >= 11 is 0. The second kappa shape index (κ2) is 9.42. The van der Waals surface area contributed by atoms with Gasteiger partial charge in [-0.3, -0.25) is 9.59 Å². The number of benzene rings is 1. The highest BCUT2D eigenvalue weighted by Crippen LogP contribution is 2.21. The first-order valence-corrected chi connectivity index (χ1v) is 8.56. The van der Waals surface area contributed by atoms with Gasteiger partial charge in [0, 0.05) is 25.2 Å². The van der Waals surface area contributed by atoms with Crippen LogP contribution < -0.4 is 15.5 Å². The van der Waals surface area contributed by atoms with Crippen LogP contribution in [0.2, 0.25) is 0 Å². The van der Waals surface area contributed by atoms with Crippen molar-refractivity contribution in [3.8, 4) is 6.07 Å². The third-order valence-electron chi connectivity index (χ3n) is 3.97. The molecule has 1 aromatic rings. The van der Waals surface area contributed by atoms with Crippen molar-refractivity contribution in [1.29, 1.82) is 5.26 Å². The molecule has 0 bridgehead atoms. The van der Waals surface area contributed by atoms with E-state index in [9.17, 15) is 14.4 Å². The maximum Gasteiger partial charge on any atom is 0.315 e. The molecule has 1 atom stereocenters. The predicted molar refractivity (Wildman–Crippen MR) is 94.3 cm³/mol. The summed E-state index contributed by atoms with van der Waals surface area (Å²) in [6, 6.07) is 7.75. The van der Waals surface area contributed by atoms with Crippen LogP contribution in [-0.2, 0) is 14.3 Å². The number of nitriles is 1. The van der Waals surface area contributed by atoms with E-state index in [4.69, 9.17) is 10.00 Å². The molecule has 1 fully saturated rings. The summed E-state index contributed by atoms with van der Waals surface area (Å²) in [4.78, 5) is 37.1. The first-order chi connectivity index (χ1) is 12.5. The molecule has 1 aliphatic rings. The quantitative estimate of drug-likeness (QED) is 0.564. The summed E-state index contributed by atoms with van der Waals surface area (Å²) < 4.78 is 4.80. The van der Waals surface area contributed by atoms with Gasteiger partial charge in [0.05, 0.1) is 18.2 Å². The molecular formula is C18H22N4O4. The summed E-state index contributed by atoms with van der Waals surface area (Å²) in [6.45, 7) is 2.90. The van der Waals surface area contributed by atoms with Crippen LogP contribution in [0.5, 0.6) is 0 Å². The lowest BCUT2D eigenvalue weighted by Crippen LogP contribution is -2.46. The molecule has 2 rings (SSSR count). The van der Waals surface area contributed by atoms with E-state index in [2.05, 4.69) is 10.6 Å². The molecule has 0 unspecified atom stereocenters. The zero-order valence-electron chi connectivity index (χ0n) is 14.7. The molecule has 0 saturated carbocycles. The van der Waals surface area contributed by atoms with Crippen LogP contribution in [0.25, 0.3) is 0 Å². The van der Waals surface area contributed by atoms with Gasteiger partial charge in [0.2, 0.25) is 5.91 Å². The fourth-order valence-corrected chi connectivity index (χ4v) is 2.66. The molecule has 0 aliphatic carbocycles. The second-order valence-electron chi connectivity index (χ2n) is 5.80. The highest BCUT2D eigenvalue weighted by atomic mass is 16.5. The third kappa shape index (κ3) is 5.21. The Morgan fingerprint density at radius 2 is 2.08 bits per heavy atom. The van der Waals surface area contributed by atoms with Crippen LogP contribution in [0.3, 0.4) is 0 Å². The van der Waals surface area contributed by atoms with E-state index < -0.39 is 12.1 Å². The summed E-state index contributed by atoms with van der Waals surface area (Å²) in [7, 11) is 0. The number of urea groups is 1. The summed E-state index contributed by atoms with van der Waals surface area (Å²) in [5.74, 6) is -0.477. The van der Waals surface area contributed by atoms with Gasteiger partial charge < -0.3 is 20.3 Å². The predicted octanol–water partition coefficient (Wildman–Crippen LogP) is 1.31. The Labute approximate surface area is 152 Å². The summed E-state index contributed by atoms with van der Waals surface area (Å²) in [5.41, 5.74) is 1.23. The van der Waals surface area contributed by atoms with E-state index in [1.54, 1.807) is 36.1 Å². The van der Waals surface area contributed by atoms with Gasteiger partial charge in [0.25, 0.3) is 0 Å². The molecule has 2 N–H and O–H groups in total. The number of rotatable bonds is 7. The fourth-order valence-electron chi connectivity index (χ4n) is 2.66. The molecule has 138 valence electrons. The number of hydrogen-bond acceptors (Lipinski definition) is 5. The van der Waals surface area contributed by atoms with Gasteiger partial charge in [-0.2, -0.15) is 5.26 Å². The van der Waals surface area contributed by atoms with Crippen molar-refractivity contribution < 1.29 is 19.1 Å². The lowest BCUT2D eigenvalue weighted by molar-refractivity contribution is -0.143. The number of ether oxygens (including phenoxy) is 1. The van der Waals surface area contributed by atoms with Crippen molar-refractivity contribution in [2.24, 2.45) is 0 Å². The number of esters is 1. The minimum Gasteiger partial charge on any atom is -0.466 e. The zero-order valence-corrected chi connectivity index (χ0v) is 14.7. The molecule has 3 amide bonds. The van der Waals surface area contributed by atoms with Crippen LogP contribution >= 0.6 is 0 Å². The number of nitrogens with zero attached hydrogens (tertiary/aromatic N) is 2. The van der Waals surface area contributed by atoms with Crippen LogP contribution in [0.1, 0.15) is 31.7 Å². The van der Waals surface area contributed by atoms with Crippen molar-refractivity contribution in [2.75, 3.05) is 24.6 Å². The number of hydrogen-bond donors (Lipinski definition) is 2. The van der Waals surface area contributed by atoms with Crippen molar-refractivity contribution in [1.82, 2.24) is 10.6 Å². The number of nitrogens with one attached hydrogen (secondary N) is 2. The Balaban J connectivity index is 1.76. The van der Waals surface area contributed by atoms with Crippen molar-refractivity contribution in [2.45, 2.75) is 32.2 Å². The first kappa shape index (κ1) is 19.2. The average molecular weight is 358 g/mol. The number of carbonyl (C=O) groups is 3. The Hall–Kier alpha value is -3.08. The lowest BCUT2D eigenvalue weighted by atomic mass is 10.2. The molecule has 1 aromatic carbocycles. The Morgan fingerprint density at radius 1 is 1.35 bits per heavy atom. The van der Waals surface area contributed by atoms with Gasteiger partial charge in [-0.15, -0.1) is 0 Å². The van der Waals surface area contributed by atoms with Crippen molar-refractivity contribution in [3.05, 3.63) is 29.8 Å². The Bertz CT molecular complexity index is 696. The largest absolute Gasteiger partial charge is 0.466 e. The lowest BCUT2D eigenvalue weighted by Gasteiger charge is -2.17. The van der Waals surface area contributed by atoms with Gasteiger partial charge in [0.1, 0.15) is 6.04 Å². The van der Waals surface area contributed by atoms with Crippen LogP contribution in [0.4, 0.5) is 10.5 Å². The fraction of sp³-hybridized carbons (Fsp3) is 0.444. The number of anilines is 1. The minimum atomic E-state index is -0.587. The van der Waals surface area contributed by atoms with Gasteiger partial charge in [-0.05, 0) is 44.0 Å². The zero-order chi connectivity index (χ0) is 18.9. The number of carbonyl (C=O) groups excluding carboxylic acids is 3. The molecule has 26 heavy (non-hydrogen) atoms. The van der Waals surface area contributed by atoms with E-state index in [0.717, 1.165) is 0 Å². The van der Waals surface area contributed by atoms with Crippen LogP contribution in [-0.4, -0.2) is 43.6 Å². The molecule has 1 saturated heterocycles. The van der Waals surface area contributed by atoms with E-state index in [1.807, 2.05) is 6.07 Å². The van der Waals surface area contributed by atoms with Crippen LogP contribution in [0.15, 0.2) is 24.3 Å². The third-order valence-corrected chi connectivity index (χ3v) is 3.97. The second-order valence-corrected chi connectivity index (χ2v) is 5.80. The summed E-state index contributed by atoms with van der Waals surface area (Å²) in [6.07, 6.45) is 1.22. The van der Waals surface area contributed by atoms with E-state index in [-0.39, 0.29) is 18.3 Å². The highest BCUT2D eigenvalue weighted by Gasteiger charge is 2.33. The molecule has 0 spiro atoms. The first-order valence-electron chi connectivity index (χ1n) is 8.56. The van der Waals surface area contributed by atoms with Crippen LogP contribution in [0, 0.1) is 11.3 Å². The maximum atomic E-state index is 12.4. The average Bonchev–Trinajstić information content (AvgIpc) is 2.99. The molecule has 1 aliphatic heterocycles. The summed E-state index contributed by atoms with van der Waals surface area (Å²) in [5, 5.41) is 14.1. The molecular weight excluding hydrogens is 336 g/mol. The SMILES string of the molecule is CCOC(=O)CCCNC(=O)N[C@@H]1CCN(c2ccc(C#N)cc2)C1=O. The van der Waals surface area contributed by atoms with Gasteiger partial charge in [-0.1, -0.05) is 0 Å². The van der Waals surface area contributed by atoms with E-state index in [0.29, 0.717) is 43.8 Å². The normalized spacial score (nSPS) is 16.1. The molecule has 8 heteroatoms. The van der Waals surface area contributed by atoms with Gasteiger partial charge >= 0.3 is 12.0 Å². The number of amides is 3. The molecule has 0 aromatic heterocycles.